The molecule has 1 aliphatic rings. The Labute approximate surface area is 192 Å². The minimum absolute atomic E-state index is 0.0731. The van der Waals surface area contributed by atoms with Crippen LogP contribution < -0.4 is 10.2 Å². The number of para-hydroxylation sites is 2. The van der Waals surface area contributed by atoms with E-state index in [2.05, 4.69) is 9.71 Å². The number of thioether (sulfide) groups is 1. The van der Waals surface area contributed by atoms with E-state index in [0.717, 1.165) is 24.6 Å². The third-order valence-electron chi connectivity index (χ3n) is 4.63. The molecule has 1 aliphatic heterocycles. The number of benzene rings is 2. The number of fused-ring (bicyclic) bond motifs is 1. The van der Waals surface area contributed by atoms with Crippen molar-refractivity contribution in [3.05, 3.63) is 54.1 Å². The van der Waals surface area contributed by atoms with E-state index in [-0.39, 0.29) is 33.9 Å². The van der Waals surface area contributed by atoms with Crippen molar-refractivity contribution in [2.24, 2.45) is 4.40 Å². The minimum Gasteiger partial charge on any atom is -0.462 e. The van der Waals surface area contributed by atoms with Gasteiger partial charge < -0.3 is 15.0 Å². The largest absolute Gasteiger partial charge is 0.462 e. The lowest BCUT2D eigenvalue weighted by Gasteiger charge is -2.30. The number of hydrogen-bond acceptors (Lipinski definition) is 7. The van der Waals surface area contributed by atoms with Gasteiger partial charge in [-0.1, -0.05) is 49.4 Å². The van der Waals surface area contributed by atoms with Crippen LogP contribution >= 0.6 is 11.8 Å². The Morgan fingerprint density at radius 2 is 1.81 bits per heavy atom. The number of amidine groups is 1. The van der Waals surface area contributed by atoms with Crippen LogP contribution in [-0.2, 0) is 19.6 Å². The maximum absolute atomic E-state index is 12.6. The van der Waals surface area contributed by atoms with E-state index in [1.54, 1.807) is 49.4 Å². The molecular weight excluding hydrogens is 450 g/mol. The van der Waals surface area contributed by atoms with Gasteiger partial charge in [0.05, 0.1) is 29.3 Å². The molecule has 0 fully saturated rings. The highest BCUT2D eigenvalue weighted by Gasteiger charge is 2.30. The summed E-state index contributed by atoms with van der Waals surface area (Å²) in [6, 6.07) is 13.3. The van der Waals surface area contributed by atoms with Crippen molar-refractivity contribution in [3.8, 4) is 0 Å². The Morgan fingerprint density at radius 3 is 2.56 bits per heavy atom. The van der Waals surface area contributed by atoms with Gasteiger partial charge in [-0.15, -0.1) is 4.40 Å². The lowest BCUT2D eigenvalue weighted by molar-refractivity contribution is -0.113. The quantitative estimate of drug-likeness (QED) is 0.577. The van der Waals surface area contributed by atoms with Gasteiger partial charge in [0.1, 0.15) is 4.90 Å². The van der Waals surface area contributed by atoms with Gasteiger partial charge in [-0.2, -0.15) is 8.42 Å². The van der Waals surface area contributed by atoms with Crippen LogP contribution in [0.3, 0.4) is 0 Å². The van der Waals surface area contributed by atoms with E-state index in [9.17, 15) is 18.0 Å². The second kappa shape index (κ2) is 10.6. The highest BCUT2D eigenvalue weighted by molar-refractivity contribution is 8.15. The van der Waals surface area contributed by atoms with E-state index in [1.165, 1.54) is 6.07 Å². The van der Waals surface area contributed by atoms with E-state index < -0.39 is 16.0 Å². The average molecular weight is 476 g/mol. The zero-order chi connectivity index (χ0) is 23.1. The molecular formula is C22H25N3O5S2. The number of nitrogens with one attached hydrogen (secondary N) is 1. The molecule has 0 radical (unpaired) electrons. The highest BCUT2D eigenvalue weighted by atomic mass is 32.2. The number of esters is 1. The smallest absolute Gasteiger partial charge is 0.340 e. The van der Waals surface area contributed by atoms with E-state index in [0.29, 0.717) is 17.9 Å². The molecule has 170 valence electrons. The number of nitrogens with zero attached hydrogens (tertiary/aromatic N) is 2. The lowest BCUT2D eigenvalue weighted by Crippen LogP contribution is -2.35. The number of rotatable bonds is 8. The van der Waals surface area contributed by atoms with Crippen LogP contribution in [0, 0.1) is 0 Å². The van der Waals surface area contributed by atoms with E-state index >= 15 is 0 Å². The molecule has 8 nitrogen and oxygen atoms in total. The monoisotopic (exact) mass is 475 g/mol. The third-order valence-corrected chi connectivity index (χ3v) is 7.03. The Bertz CT molecular complexity index is 1130. The third kappa shape index (κ3) is 5.49. The van der Waals surface area contributed by atoms with Crippen molar-refractivity contribution in [3.63, 3.8) is 0 Å². The Balaban J connectivity index is 1.76. The summed E-state index contributed by atoms with van der Waals surface area (Å²) in [6.07, 6.45) is 1.77. The fourth-order valence-corrected chi connectivity index (χ4v) is 5.41. The molecule has 1 amide bonds. The standard InChI is InChI=1S/C22H25N3O5S2/c1-3-5-14-25-18-12-8-9-13-19(18)32(28,29)24-22(25)31-15-20(26)23-17-11-7-6-10-16(17)21(27)30-4-2/h6-13H,3-5,14-15H2,1-2H3,(H,23,26). The predicted octanol–water partition coefficient (Wildman–Crippen LogP) is 3.90. The first kappa shape index (κ1) is 23.8. The normalized spacial score (nSPS) is 14.3. The van der Waals surface area contributed by atoms with Gasteiger partial charge in [-0.05, 0) is 37.6 Å². The summed E-state index contributed by atoms with van der Waals surface area (Å²) in [7, 11) is -3.85. The van der Waals surface area contributed by atoms with Gasteiger partial charge in [0.2, 0.25) is 5.91 Å². The molecule has 0 unspecified atom stereocenters. The molecule has 1 N–H and O–H groups in total. The lowest BCUT2D eigenvalue weighted by atomic mass is 10.2. The van der Waals surface area contributed by atoms with E-state index in [1.807, 2.05) is 11.8 Å². The van der Waals surface area contributed by atoms with Gasteiger partial charge >= 0.3 is 5.97 Å². The number of carbonyl (C=O) groups is 2. The summed E-state index contributed by atoms with van der Waals surface area (Å²) in [4.78, 5) is 26.7. The number of unbranched alkanes of at least 4 members (excludes halogenated alkanes) is 1. The highest BCUT2D eigenvalue weighted by Crippen LogP contribution is 2.34. The average Bonchev–Trinajstić information content (AvgIpc) is 2.77. The Hall–Kier alpha value is -2.85. The summed E-state index contributed by atoms with van der Waals surface area (Å²) in [6.45, 7) is 4.56. The maximum atomic E-state index is 12.6. The minimum atomic E-state index is -3.85. The van der Waals surface area contributed by atoms with Crippen molar-refractivity contribution in [1.82, 2.24) is 0 Å². The number of sulfonamides is 1. The van der Waals surface area contributed by atoms with Crippen molar-refractivity contribution in [2.45, 2.75) is 31.6 Å². The van der Waals surface area contributed by atoms with Gasteiger partial charge in [-0.25, -0.2) is 4.79 Å². The van der Waals surface area contributed by atoms with Gasteiger partial charge in [-0.3, -0.25) is 4.79 Å². The van der Waals surface area contributed by atoms with Crippen molar-refractivity contribution in [2.75, 3.05) is 29.1 Å². The number of anilines is 2. The fourth-order valence-electron chi connectivity index (χ4n) is 3.13. The van der Waals surface area contributed by atoms with E-state index in [4.69, 9.17) is 4.74 Å². The zero-order valence-corrected chi connectivity index (χ0v) is 19.5. The molecule has 2 aromatic rings. The molecule has 3 rings (SSSR count). The summed E-state index contributed by atoms with van der Waals surface area (Å²) in [5.74, 6) is -0.988. The number of amides is 1. The summed E-state index contributed by atoms with van der Waals surface area (Å²) in [5.41, 5.74) is 1.15. The van der Waals surface area contributed by atoms with Crippen LogP contribution in [0.25, 0.3) is 0 Å². The number of ether oxygens (including phenoxy) is 1. The van der Waals surface area contributed by atoms with Crippen LogP contribution in [0.1, 0.15) is 37.0 Å². The molecule has 1 heterocycles. The summed E-state index contributed by atoms with van der Waals surface area (Å²) < 4.78 is 34.3. The van der Waals surface area contributed by atoms with Crippen LogP contribution in [0.5, 0.6) is 0 Å². The van der Waals surface area contributed by atoms with Crippen molar-refractivity contribution < 1.29 is 22.7 Å². The molecule has 10 heteroatoms. The number of hydrogen-bond donors (Lipinski definition) is 1. The van der Waals surface area contributed by atoms with Crippen LogP contribution in [0.4, 0.5) is 11.4 Å². The molecule has 32 heavy (non-hydrogen) atoms. The molecule has 0 aromatic heterocycles. The SMILES string of the molecule is CCCCN1C(SCC(=O)Nc2ccccc2C(=O)OCC)=NS(=O)(=O)c2ccccc21. The molecule has 0 saturated carbocycles. The molecule has 2 aromatic carbocycles. The summed E-state index contributed by atoms with van der Waals surface area (Å²) in [5, 5.41) is 2.96. The first-order valence-corrected chi connectivity index (χ1v) is 12.7. The van der Waals surface area contributed by atoms with Crippen molar-refractivity contribution >= 4 is 50.2 Å². The van der Waals surface area contributed by atoms with Crippen LogP contribution in [0.2, 0.25) is 0 Å². The Kier molecular flexibility index (Phi) is 7.92. The topological polar surface area (TPSA) is 105 Å². The molecule has 0 aliphatic carbocycles. The molecule has 0 atom stereocenters. The molecule has 0 saturated heterocycles. The van der Waals surface area contributed by atoms with Gasteiger partial charge in [0, 0.05) is 6.54 Å². The predicted molar refractivity (Wildman–Crippen MR) is 127 cm³/mol. The number of carbonyl (C=O) groups excluding carboxylic acids is 2. The first-order valence-electron chi connectivity index (χ1n) is 10.3. The van der Waals surface area contributed by atoms with Crippen molar-refractivity contribution in [1.29, 1.82) is 0 Å². The summed E-state index contributed by atoms with van der Waals surface area (Å²) >= 11 is 1.04. The Morgan fingerprint density at radius 1 is 1.09 bits per heavy atom. The van der Waals surface area contributed by atoms with Gasteiger partial charge in [0.15, 0.2) is 5.17 Å². The molecule has 0 spiro atoms. The second-order valence-corrected chi connectivity index (χ2v) is 9.44. The maximum Gasteiger partial charge on any atom is 0.340 e. The zero-order valence-electron chi connectivity index (χ0n) is 17.9. The van der Waals surface area contributed by atoms with Gasteiger partial charge in [0.25, 0.3) is 10.0 Å². The fraction of sp³-hybridized carbons (Fsp3) is 0.318. The first-order chi connectivity index (χ1) is 15.4. The van der Waals surface area contributed by atoms with Crippen LogP contribution in [-0.4, -0.2) is 44.4 Å². The van der Waals surface area contributed by atoms with Crippen LogP contribution in [0.15, 0.2) is 57.8 Å². The second-order valence-electron chi connectivity index (χ2n) is 6.92. The molecule has 0 bridgehead atoms.